The van der Waals surface area contributed by atoms with Crippen LogP contribution in [0.5, 0.6) is 5.75 Å². The number of carbonyl (C=O) groups excluding carboxylic acids is 1. The molecule has 2 aromatic rings. The maximum absolute atomic E-state index is 12.3. The van der Waals surface area contributed by atoms with E-state index in [1.54, 1.807) is 36.7 Å². The fraction of sp³-hybridized carbons (Fsp3) is 0.316. The van der Waals surface area contributed by atoms with E-state index in [9.17, 15) is 14.7 Å². The van der Waals surface area contributed by atoms with Crippen LogP contribution in [-0.4, -0.2) is 28.0 Å². The van der Waals surface area contributed by atoms with Gasteiger partial charge in [-0.2, -0.15) is 0 Å². The monoisotopic (exact) mass is 340 g/mol. The number of aliphatic carboxylic acids is 1. The number of pyridine rings is 1. The number of hydrogen-bond donors (Lipinski definition) is 2. The standard InChI is InChI=1S/C19H20N2O4/c22-18(21-17-3-1-2-16(17)19(23)24)14-4-6-15(7-5-14)25-12-13-8-10-20-11-9-13/h4-11,16-17H,1-3,12H2,(H,21,22)(H,23,24)/t16-,17+/m1/s1. The fourth-order valence-corrected chi connectivity index (χ4v) is 3.03. The number of rotatable bonds is 6. The summed E-state index contributed by atoms with van der Waals surface area (Å²) in [6, 6.07) is 10.3. The summed E-state index contributed by atoms with van der Waals surface area (Å²) in [6.07, 6.45) is 5.56. The molecule has 6 nitrogen and oxygen atoms in total. The van der Waals surface area contributed by atoms with Crippen molar-refractivity contribution in [1.82, 2.24) is 10.3 Å². The van der Waals surface area contributed by atoms with Crippen LogP contribution < -0.4 is 10.1 Å². The van der Waals surface area contributed by atoms with Crippen molar-refractivity contribution in [1.29, 1.82) is 0 Å². The smallest absolute Gasteiger partial charge is 0.308 e. The molecule has 1 amide bonds. The molecule has 1 saturated carbocycles. The first-order valence-corrected chi connectivity index (χ1v) is 8.29. The molecule has 1 heterocycles. The molecule has 0 saturated heterocycles. The van der Waals surface area contributed by atoms with Crippen LogP contribution in [0.1, 0.15) is 35.2 Å². The highest BCUT2D eigenvalue weighted by Crippen LogP contribution is 2.26. The molecule has 1 aliphatic rings. The summed E-state index contributed by atoms with van der Waals surface area (Å²) in [7, 11) is 0. The number of carboxylic acids is 1. The molecule has 0 bridgehead atoms. The Morgan fingerprint density at radius 2 is 1.84 bits per heavy atom. The molecule has 1 aromatic heterocycles. The van der Waals surface area contributed by atoms with Crippen LogP contribution in [0.4, 0.5) is 0 Å². The lowest BCUT2D eigenvalue weighted by Crippen LogP contribution is -2.40. The third kappa shape index (κ3) is 4.35. The van der Waals surface area contributed by atoms with Gasteiger partial charge < -0.3 is 15.2 Å². The van der Waals surface area contributed by atoms with E-state index in [-0.39, 0.29) is 11.9 Å². The largest absolute Gasteiger partial charge is 0.489 e. The third-order valence-corrected chi connectivity index (χ3v) is 4.42. The van der Waals surface area contributed by atoms with Gasteiger partial charge in [-0.3, -0.25) is 14.6 Å². The van der Waals surface area contributed by atoms with Crippen molar-refractivity contribution in [3.63, 3.8) is 0 Å². The highest BCUT2D eigenvalue weighted by Gasteiger charge is 2.33. The average Bonchev–Trinajstić information content (AvgIpc) is 3.09. The second-order valence-electron chi connectivity index (χ2n) is 6.12. The molecule has 0 spiro atoms. The predicted molar refractivity (Wildman–Crippen MR) is 91.2 cm³/mol. The van der Waals surface area contributed by atoms with Gasteiger partial charge in [-0.05, 0) is 54.8 Å². The van der Waals surface area contributed by atoms with E-state index < -0.39 is 11.9 Å². The Morgan fingerprint density at radius 3 is 2.52 bits per heavy atom. The van der Waals surface area contributed by atoms with E-state index in [0.717, 1.165) is 12.0 Å². The third-order valence-electron chi connectivity index (χ3n) is 4.42. The summed E-state index contributed by atoms with van der Waals surface area (Å²) in [6.45, 7) is 0.427. The van der Waals surface area contributed by atoms with Crippen molar-refractivity contribution in [2.75, 3.05) is 0 Å². The molecule has 1 aliphatic carbocycles. The van der Waals surface area contributed by atoms with Crippen molar-refractivity contribution in [3.05, 3.63) is 59.9 Å². The number of hydrogen-bond acceptors (Lipinski definition) is 4. The highest BCUT2D eigenvalue weighted by molar-refractivity contribution is 5.94. The highest BCUT2D eigenvalue weighted by atomic mass is 16.5. The first kappa shape index (κ1) is 17.0. The minimum atomic E-state index is -0.845. The van der Waals surface area contributed by atoms with Crippen LogP contribution in [0.15, 0.2) is 48.8 Å². The molecular weight excluding hydrogens is 320 g/mol. The molecule has 1 aromatic carbocycles. The Labute approximate surface area is 145 Å². The summed E-state index contributed by atoms with van der Waals surface area (Å²) in [5.41, 5.74) is 1.50. The van der Waals surface area contributed by atoms with Crippen molar-refractivity contribution in [2.45, 2.75) is 31.9 Å². The average molecular weight is 340 g/mol. The van der Waals surface area contributed by atoms with Gasteiger partial charge >= 0.3 is 5.97 Å². The van der Waals surface area contributed by atoms with Crippen LogP contribution in [0.3, 0.4) is 0 Å². The second-order valence-corrected chi connectivity index (χ2v) is 6.12. The topological polar surface area (TPSA) is 88.5 Å². The lowest BCUT2D eigenvalue weighted by atomic mass is 10.0. The van der Waals surface area contributed by atoms with E-state index in [1.807, 2.05) is 12.1 Å². The van der Waals surface area contributed by atoms with Gasteiger partial charge in [0.2, 0.25) is 0 Å². The van der Waals surface area contributed by atoms with Gasteiger partial charge in [0, 0.05) is 24.0 Å². The molecule has 0 aliphatic heterocycles. The van der Waals surface area contributed by atoms with Gasteiger partial charge in [0.25, 0.3) is 5.91 Å². The Balaban J connectivity index is 1.56. The maximum Gasteiger partial charge on any atom is 0.308 e. The Morgan fingerprint density at radius 1 is 1.12 bits per heavy atom. The zero-order valence-electron chi connectivity index (χ0n) is 13.7. The Hall–Kier alpha value is -2.89. The molecule has 0 unspecified atom stereocenters. The summed E-state index contributed by atoms with van der Waals surface area (Å²) < 4.78 is 5.67. The lowest BCUT2D eigenvalue weighted by Gasteiger charge is -2.17. The maximum atomic E-state index is 12.3. The first-order valence-electron chi connectivity index (χ1n) is 8.29. The molecule has 1 fully saturated rings. The predicted octanol–water partition coefficient (Wildman–Crippen LogP) is 2.64. The van der Waals surface area contributed by atoms with Gasteiger partial charge in [-0.1, -0.05) is 6.42 Å². The number of amides is 1. The van der Waals surface area contributed by atoms with Crippen molar-refractivity contribution in [3.8, 4) is 5.75 Å². The quantitative estimate of drug-likeness (QED) is 0.844. The molecule has 3 rings (SSSR count). The first-order chi connectivity index (χ1) is 12.1. The number of carbonyl (C=O) groups is 2. The molecule has 25 heavy (non-hydrogen) atoms. The van der Waals surface area contributed by atoms with Crippen molar-refractivity contribution < 1.29 is 19.4 Å². The molecule has 6 heteroatoms. The Kier molecular flexibility index (Phi) is 5.28. The fourth-order valence-electron chi connectivity index (χ4n) is 3.03. The van der Waals surface area contributed by atoms with Crippen LogP contribution >= 0.6 is 0 Å². The molecule has 130 valence electrons. The second kappa shape index (κ2) is 7.79. The zero-order chi connectivity index (χ0) is 17.6. The number of benzene rings is 1. The lowest BCUT2D eigenvalue weighted by molar-refractivity contribution is -0.142. The summed E-state index contributed by atoms with van der Waals surface area (Å²) in [5.74, 6) is -0.925. The molecular formula is C19H20N2O4. The molecule has 2 N–H and O–H groups in total. The molecule has 2 atom stereocenters. The van der Waals surface area contributed by atoms with E-state index in [2.05, 4.69) is 10.3 Å². The Bertz CT molecular complexity index is 731. The summed E-state index contributed by atoms with van der Waals surface area (Å²) >= 11 is 0. The normalized spacial score (nSPS) is 19.4. The minimum absolute atomic E-state index is 0.251. The van der Waals surface area contributed by atoms with Gasteiger partial charge in [0.1, 0.15) is 12.4 Å². The van der Waals surface area contributed by atoms with Gasteiger partial charge in [0.05, 0.1) is 5.92 Å². The van der Waals surface area contributed by atoms with E-state index in [0.29, 0.717) is 30.8 Å². The number of aromatic nitrogens is 1. The van der Waals surface area contributed by atoms with Crippen LogP contribution in [0, 0.1) is 5.92 Å². The van der Waals surface area contributed by atoms with Crippen molar-refractivity contribution in [2.24, 2.45) is 5.92 Å². The van der Waals surface area contributed by atoms with Gasteiger partial charge in [-0.25, -0.2) is 0 Å². The minimum Gasteiger partial charge on any atom is -0.489 e. The zero-order valence-corrected chi connectivity index (χ0v) is 13.7. The number of nitrogens with zero attached hydrogens (tertiary/aromatic N) is 1. The number of carboxylic acid groups (broad SMARTS) is 1. The van der Waals surface area contributed by atoms with Gasteiger partial charge in [-0.15, -0.1) is 0 Å². The number of ether oxygens (including phenoxy) is 1. The van der Waals surface area contributed by atoms with Gasteiger partial charge in [0.15, 0.2) is 0 Å². The van der Waals surface area contributed by atoms with Crippen LogP contribution in [0.2, 0.25) is 0 Å². The summed E-state index contributed by atoms with van der Waals surface area (Å²) in [4.78, 5) is 27.5. The van der Waals surface area contributed by atoms with E-state index in [1.165, 1.54) is 0 Å². The SMILES string of the molecule is O=C(N[C@H]1CCC[C@H]1C(=O)O)c1ccc(OCc2ccncc2)cc1. The van der Waals surface area contributed by atoms with Crippen LogP contribution in [-0.2, 0) is 11.4 Å². The molecule has 0 radical (unpaired) electrons. The van der Waals surface area contributed by atoms with E-state index in [4.69, 9.17) is 4.74 Å². The number of nitrogens with one attached hydrogen (secondary N) is 1. The summed E-state index contributed by atoms with van der Waals surface area (Å²) in [5, 5.41) is 12.0. The van der Waals surface area contributed by atoms with Crippen molar-refractivity contribution >= 4 is 11.9 Å². The van der Waals surface area contributed by atoms with E-state index >= 15 is 0 Å². The van der Waals surface area contributed by atoms with Crippen LogP contribution in [0.25, 0.3) is 0 Å².